The predicted molar refractivity (Wildman–Crippen MR) is 98.8 cm³/mol. The maximum absolute atomic E-state index is 13.0. The Labute approximate surface area is 161 Å². The first-order valence-corrected chi connectivity index (χ1v) is 8.72. The highest BCUT2D eigenvalue weighted by atomic mass is 16.5. The predicted octanol–water partition coefficient (Wildman–Crippen LogP) is 1.43. The minimum absolute atomic E-state index is 0.0253. The van der Waals surface area contributed by atoms with Gasteiger partial charge in [0.25, 0.3) is 11.8 Å². The van der Waals surface area contributed by atoms with Crippen LogP contribution in [0.3, 0.4) is 0 Å². The first-order valence-electron chi connectivity index (χ1n) is 8.72. The number of ether oxygens (including phenoxy) is 1. The molecule has 2 aromatic carbocycles. The highest BCUT2D eigenvalue weighted by Gasteiger charge is 2.53. The summed E-state index contributed by atoms with van der Waals surface area (Å²) in [5.74, 6) is -0.0684. The molecule has 0 bridgehead atoms. The zero-order valence-corrected chi connectivity index (χ0v) is 15.4. The molecule has 2 aromatic rings. The van der Waals surface area contributed by atoms with Crippen LogP contribution < -0.4 is 10.1 Å². The molecular formula is C20H19N3O5. The van der Waals surface area contributed by atoms with Gasteiger partial charge >= 0.3 is 6.03 Å². The molecule has 4 rings (SSSR count). The molecule has 4 amide bonds. The van der Waals surface area contributed by atoms with Crippen molar-refractivity contribution in [1.29, 1.82) is 0 Å². The van der Waals surface area contributed by atoms with Crippen molar-refractivity contribution >= 4 is 17.8 Å². The van der Waals surface area contributed by atoms with Gasteiger partial charge in [-0.2, -0.15) is 0 Å². The number of rotatable bonds is 4. The third-order valence-corrected chi connectivity index (χ3v) is 5.28. The minimum Gasteiger partial charge on any atom is -0.508 e. The molecule has 1 saturated heterocycles. The highest BCUT2D eigenvalue weighted by molar-refractivity contribution is 6.08. The normalized spacial score (nSPS) is 21.1. The molecule has 2 aliphatic heterocycles. The molecule has 144 valence electrons. The van der Waals surface area contributed by atoms with Crippen LogP contribution in [0, 0.1) is 0 Å². The molecule has 0 radical (unpaired) electrons. The van der Waals surface area contributed by atoms with Gasteiger partial charge in [0.05, 0.1) is 13.7 Å². The third-order valence-electron chi connectivity index (χ3n) is 5.28. The van der Waals surface area contributed by atoms with Crippen molar-refractivity contribution in [3.63, 3.8) is 0 Å². The van der Waals surface area contributed by atoms with Crippen LogP contribution >= 0.6 is 0 Å². The second-order valence-corrected chi connectivity index (χ2v) is 6.93. The Morgan fingerprint density at radius 2 is 1.86 bits per heavy atom. The van der Waals surface area contributed by atoms with E-state index in [9.17, 15) is 19.5 Å². The number of amides is 4. The van der Waals surface area contributed by atoms with Gasteiger partial charge in [-0.1, -0.05) is 18.2 Å². The summed E-state index contributed by atoms with van der Waals surface area (Å²) in [6.45, 7) is 0.299. The van der Waals surface area contributed by atoms with E-state index in [1.54, 1.807) is 24.3 Å². The molecule has 0 aliphatic carbocycles. The number of benzene rings is 2. The Morgan fingerprint density at radius 3 is 2.46 bits per heavy atom. The zero-order chi connectivity index (χ0) is 20.1. The van der Waals surface area contributed by atoms with Gasteiger partial charge in [0.2, 0.25) is 0 Å². The maximum atomic E-state index is 13.0. The summed E-state index contributed by atoms with van der Waals surface area (Å²) in [6, 6.07) is 10.8. The van der Waals surface area contributed by atoms with Crippen molar-refractivity contribution in [2.45, 2.75) is 12.1 Å². The number of urea groups is 1. The van der Waals surface area contributed by atoms with Gasteiger partial charge in [-0.3, -0.25) is 14.5 Å². The van der Waals surface area contributed by atoms with Crippen LogP contribution in [0.25, 0.3) is 0 Å². The highest BCUT2D eigenvalue weighted by Crippen LogP contribution is 2.34. The number of hydrogen-bond acceptors (Lipinski definition) is 5. The summed E-state index contributed by atoms with van der Waals surface area (Å²) in [6.07, 6.45) is 0. The second kappa shape index (κ2) is 6.26. The van der Waals surface area contributed by atoms with E-state index in [-0.39, 0.29) is 18.2 Å². The number of aromatic hydroxyl groups is 1. The monoisotopic (exact) mass is 381 g/mol. The maximum Gasteiger partial charge on any atom is 0.325 e. The number of carbonyl (C=O) groups excluding carboxylic acids is 3. The van der Waals surface area contributed by atoms with E-state index in [1.807, 2.05) is 6.07 Å². The fourth-order valence-electron chi connectivity index (χ4n) is 3.72. The molecule has 8 nitrogen and oxygen atoms in total. The number of nitrogens with zero attached hydrogens (tertiary/aromatic N) is 2. The number of likely N-dealkylation sites (N-methyl/N-ethyl adjacent to an activating group) is 1. The fraction of sp³-hybridized carbons (Fsp3) is 0.250. The zero-order valence-electron chi connectivity index (χ0n) is 15.4. The van der Waals surface area contributed by atoms with Crippen LogP contribution in [0.2, 0.25) is 0 Å². The molecule has 8 heteroatoms. The standard InChI is InChI=1S/C20H19N3O5/c1-22-18(26)20(21-19(22)27,13-4-6-14(24)7-5-13)11-23-10-12-3-8-15(28-2)9-16(12)17(23)25/h3-9,24H,10-11H2,1-2H3,(H,21,27)/t20-/m0/s1. The molecule has 1 fully saturated rings. The van der Waals surface area contributed by atoms with Gasteiger partial charge in [0, 0.05) is 19.2 Å². The third kappa shape index (κ3) is 2.57. The van der Waals surface area contributed by atoms with Crippen LogP contribution in [0.15, 0.2) is 42.5 Å². The number of carbonyl (C=O) groups is 3. The van der Waals surface area contributed by atoms with Crippen molar-refractivity contribution in [1.82, 2.24) is 15.1 Å². The lowest BCUT2D eigenvalue weighted by Crippen LogP contribution is -2.52. The lowest BCUT2D eigenvalue weighted by Gasteiger charge is -2.31. The van der Waals surface area contributed by atoms with Crippen molar-refractivity contribution < 1.29 is 24.2 Å². The molecule has 1 atom stereocenters. The van der Waals surface area contributed by atoms with Crippen molar-refractivity contribution in [3.05, 3.63) is 59.2 Å². The second-order valence-electron chi connectivity index (χ2n) is 6.93. The number of nitrogens with one attached hydrogen (secondary N) is 1. The van der Waals surface area contributed by atoms with Gasteiger partial charge in [-0.05, 0) is 35.4 Å². The van der Waals surface area contributed by atoms with E-state index in [4.69, 9.17) is 4.74 Å². The molecule has 0 aromatic heterocycles. The number of phenols is 1. The number of hydrogen-bond donors (Lipinski definition) is 2. The van der Waals surface area contributed by atoms with E-state index >= 15 is 0 Å². The number of methoxy groups -OCH3 is 1. The largest absolute Gasteiger partial charge is 0.508 e. The number of fused-ring (bicyclic) bond motifs is 1. The molecule has 0 unspecified atom stereocenters. The van der Waals surface area contributed by atoms with Crippen LogP contribution in [-0.4, -0.2) is 53.5 Å². The van der Waals surface area contributed by atoms with Crippen LogP contribution in [-0.2, 0) is 16.9 Å². The van der Waals surface area contributed by atoms with Crippen LogP contribution in [0.4, 0.5) is 4.79 Å². The summed E-state index contributed by atoms with van der Waals surface area (Å²) < 4.78 is 5.19. The summed E-state index contributed by atoms with van der Waals surface area (Å²) in [7, 11) is 2.92. The number of phenolic OH excluding ortho intramolecular Hbond substituents is 1. The van der Waals surface area contributed by atoms with Crippen molar-refractivity contribution in [2.24, 2.45) is 0 Å². The molecule has 0 spiro atoms. The van der Waals surface area contributed by atoms with Gasteiger partial charge in [-0.15, -0.1) is 0 Å². The first kappa shape index (κ1) is 17.8. The fourth-order valence-corrected chi connectivity index (χ4v) is 3.72. The van der Waals surface area contributed by atoms with Gasteiger partial charge in [-0.25, -0.2) is 4.79 Å². The molecule has 2 N–H and O–H groups in total. The van der Waals surface area contributed by atoms with Gasteiger partial charge in [0.1, 0.15) is 11.5 Å². The minimum atomic E-state index is -1.42. The first-order chi connectivity index (χ1) is 13.4. The Kier molecular flexibility index (Phi) is 3.99. The topological polar surface area (TPSA) is 99.2 Å². The Balaban J connectivity index is 1.72. The van der Waals surface area contributed by atoms with E-state index in [0.717, 1.165) is 10.5 Å². The van der Waals surface area contributed by atoms with E-state index in [0.29, 0.717) is 23.4 Å². The SMILES string of the molecule is COc1ccc2c(c1)C(=O)N(C[C@@]1(c3ccc(O)cc3)NC(=O)N(C)C1=O)C2. The van der Waals surface area contributed by atoms with Crippen molar-refractivity contribution in [3.8, 4) is 11.5 Å². The van der Waals surface area contributed by atoms with Crippen molar-refractivity contribution in [2.75, 3.05) is 20.7 Å². The summed E-state index contributed by atoms with van der Waals surface area (Å²) in [5, 5.41) is 12.3. The Morgan fingerprint density at radius 1 is 1.14 bits per heavy atom. The van der Waals surface area contributed by atoms with Gasteiger partial charge in [0.15, 0.2) is 5.54 Å². The summed E-state index contributed by atoms with van der Waals surface area (Å²) >= 11 is 0. The smallest absolute Gasteiger partial charge is 0.325 e. The molecule has 2 heterocycles. The molecular weight excluding hydrogens is 362 g/mol. The quantitative estimate of drug-likeness (QED) is 0.781. The van der Waals surface area contributed by atoms with Gasteiger partial charge < -0.3 is 20.1 Å². The Hall–Kier alpha value is -3.55. The van der Waals surface area contributed by atoms with Crippen LogP contribution in [0.5, 0.6) is 11.5 Å². The summed E-state index contributed by atoms with van der Waals surface area (Å²) in [5.41, 5.74) is 0.429. The molecule has 2 aliphatic rings. The lowest BCUT2D eigenvalue weighted by molar-refractivity contribution is -0.131. The average molecular weight is 381 g/mol. The van der Waals surface area contributed by atoms with E-state index in [2.05, 4.69) is 5.32 Å². The lowest BCUT2D eigenvalue weighted by atomic mass is 9.89. The molecule has 0 saturated carbocycles. The van der Waals surface area contributed by atoms with E-state index < -0.39 is 17.5 Å². The van der Waals surface area contributed by atoms with Crippen LogP contribution in [0.1, 0.15) is 21.5 Å². The number of imide groups is 1. The average Bonchev–Trinajstić information content (AvgIpc) is 3.11. The van der Waals surface area contributed by atoms with E-state index in [1.165, 1.54) is 31.2 Å². The summed E-state index contributed by atoms with van der Waals surface area (Å²) in [4.78, 5) is 40.7. The molecule has 28 heavy (non-hydrogen) atoms. The Bertz CT molecular complexity index is 988.